The summed E-state index contributed by atoms with van der Waals surface area (Å²) in [7, 11) is 2.26. The highest BCUT2D eigenvalue weighted by molar-refractivity contribution is 7.81. The van der Waals surface area contributed by atoms with E-state index in [0.29, 0.717) is 5.41 Å². The minimum atomic E-state index is 0.165. The maximum atomic E-state index is 5.06. The van der Waals surface area contributed by atoms with Gasteiger partial charge in [0.15, 0.2) is 0 Å². The Labute approximate surface area is 114 Å². The number of rotatable bonds is 2. The Morgan fingerprint density at radius 3 is 2.47 bits per heavy atom. The molecule has 0 bridgehead atoms. The summed E-state index contributed by atoms with van der Waals surface area (Å²) in [4.78, 5) is 2.49. The summed E-state index contributed by atoms with van der Waals surface area (Å²) in [5.74, 6) is 1.50. The second-order valence-electron chi connectivity index (χ2n) is 7.25. The summed E-state index contributed by atoms with van der Waals surface area (Å²) < 4.78 is 0.165. The van der Waals surface area contributed by atoms with Crippen molar-refractivity contribution in [3.8, 4) is 0 Å². The molecule has 102 valence electrons. The van der Waals surface area contributed by atoms with E-state index in [-0.39, 0.29) is 4.75 Å². The summed E-state index contributed by atoms with van der Waals surface area (Å²) in [5.41, 5.74) is 0.354. The van der Waals surface area contributed by atoms with E-state index in [0.717, 1.165) is 11.8 Å². The van der Waals surface area contributed by atoms with E-state index in [2.05, 4.69) is 46.6 Å². The molecule has 0 aliphatic carbocycles. The van der Waals surface area contributed by atoms with Crippen LogP contribution in [0.5, 0.6) is 0 Å². The van der Waals surface area contributed by atoms with Gasteiger partial charge >= 0.3 is 0 Å². The third-order valence-electron chi connectivity index (χ3n) is 4.57. The van der Waals surface area contributed by atoms with Gasteiger partial charge in [0, 0.05) is 11.3 Å². The van der Waals surface area contributed by atoms with Crippen LogP contribution in [0.25, 0.3) is 0 Å². The Hall–Kier alpha value is 0.310. The monoisotopic (exact) mass is 257 g/mol. The Bertz CT molecular complexity index is 249. The topological polar surface area (TPSA) is 3.24 Å². The van der Waals surface area contributed by atoms with Crippen LogP contribution in [0.1, 0.15) is 53.9 Å². The van der Waals surface area contributed by atoms with Crippen molar-refractivity contribution >= 4 is 12.6 Å². The van der Waals surface area contributed by atoms with Gasteiger partial charge in [0.05, 0.1) is 0 Å². The fourth-order valence-electron chi connectivity index (χ4n) is 3.54. The first kappa shape index (κ1) is 15.4. The molecule has 1 rings (SSSR count). The summed E-state index contributed by atoms with van der Waals surface area (Å²) >= 11 is 5.06. The van der Waals surface area contributed by atoms with Crippen LogP contribution < -0.4 is 0 Å². The SMILES string of the molecule is CC(C)CC1(C)CCN(C)CC(C)CC1(C)S. The maximum Gasteiger partial charge on any atom is 0.0159 e. The molecule has 0 radical (unpaired) electrons. The molecule has 1 saturated heterocycles. The van der Waals surface area contributed by atoms with E-state index in [1.165, 1.54) is 32.4 Å². The molecule has 1 fully saturated rings. The molecular weight excluding hydrogens is 226 g/mol. The number of likely N-dealkylation sites (tertiary alicyclic amines) is 1. The van der Waals surface area contributed by atoms with Crippen LogP contribution in [-0.4, -0.2) is 29.8 Å². The van der Waals surface area contributed by atoms with Crippen molar-refractivity contribution in [1.29, 1.82) is 0 Å². The fourth-order valence-corrected chi connectivity index (χ4v) is 4.06. The lowest BCUT2D eigenvalue weighted by Crippen LogP contribution is -2.47. The largest absolute Gasteiger partial charge is 0.306 e. The van der Waals surface area contributed by atoms with Gasteiger partial charge in [0.25, 0.3) is 0 Å². The summed E-state index contributed by atoms with van der Waals surface area (Å²) in [6.45, 7) is 14.3. The van der Waals surface area contributed by atoms with Gasteiger partial charge in [-0.25, -0.2) is 0 Å². The predicted molar refractivity (Wildman–Crippen MR) is 80.8 cm³/mol. The quantitative estimate of drug-likeness (QED) is 0.729. The van der Waals surface area contributed by atoms with Crippen LogP contribution in [0, 0.1) is 17.3 Å². The second-order valence-corrected chi connectivity index (χ2v) is 8.24. The molecule has 0 aromatic carbocycles. The van der Waals surface area contributed by atoms with Crippen molar-refractivity contribution in [2.75, 3.05) is 20.1 Å². The zero-order chi connectivity index (χ0) is 13.3. The molecule has 1 nitrogen and oxygen atoms in total. The van der Waals surface area contributed by atoms with Crippen molar-refractivity contribution in [3.63, 3.8) is 0 Å². The molecule has 17 heavy (non-hydrogen) atoms. The maximum absolute atomic E-state index is 5.06. The highest BCUT2D eigenvalue weighted by Crippen LogP contribution is 2.48. The molecule has 0 aromatic rings. The van der Waals surface area contributed by atoms with E-state index in [1.807, 2.05) is 0 Å². The lowest BCUT2D eigenvalue weighted by atomic mass is 9.66. The van der Waals surface area contributed by atoms with Crippen molar-refractivity contribution in [1.82, 2.24) is 4.90 Å². The molecule has 0 N–H and O–H groups in total. The fraction of sp³-hybridized carbons (Fsp3) is 1.00. The van der Waals surface area contributed by atoms with Gasteiger partial charge in [-0.05, 0) is 50.1 Å². The molecule has 2 heteroatoms. The zero-order valence-corrected chi connectivity index (χ0v) is 13.5. The molecule has 1 aliphatic rings. The summed E-state index contributed by atoms with van der Waals surface area (Å²) in [6, 6.07) is 0. The molecule has 0 spiro atoms. The van der Waals surface area contributed by atoms with Gasteiger partial charge < -0.3 is 4.90 Å². The number of hydrogen-bond acceptors (Lipinski definition) is 2. The first-order valence-electron chi connectivity index (χ1n) is 7.07. The van der Waals surface area contributed by atoms with Gasteiger partial charge in [-0.3, -0.25) is 0 Å². The first-order chi connectivity index (χ1) is 7.66. The van der Waals surface area contributed by atoms with E-state index < -0.39 is 0 Å². The van der Waals surface area contributed by atoms with E-state index >= 15 is 0 Å². The van der Waals surface area contributed by atoms with Gasteiger partial charge in [0.2, 0.25) is 0 Å². The van der Waals surface area contributed by atoms with Gasteiger partial charge in [-0.1, -0.05) is 34.6 Å². The van der Waals surface area contributed by atoms with Crippen molar-refractivity contribution in [3.05, 3.63) is 0 Å². The van der Waals surface area contributed by atoms with Gasteiger partial charge in [0.1, 0.15) is 0 Å². The van der Waals surface area contributed by atoms with E-state index in [1.54, 1.807) is 0 Å². The van der Waals surface area contributed by atoms with Crippen molar-refractivity contribution < 1.29 is 0 Å². The molecular formula is C15H31NS. The minimum absolute atomic E-state index is 0.165. The third kappa shape index (κ3) is 3.89. The lowest BCUT2D eigenvalue weighted by molar-refractivity contribution is 0.0993. The molecule has 0 saturated carbocycles. The Balaban J connectivity index is 2.89. The first-order valence-corrected chi connectivity index (χ1v) is 7.52. The Morgan fingerprint density at radius 1 is 1.35 bits per heavy atom. The normalized spacial score (nSPS) is 41.3. The van der Waals surface area contributed by atoms with Crippen molar-refractivity contribution in [2.45, 2.75) is 58.6 Å². The van der Waals surface area contributed by atoms with Crippen LogP contribution >= 0.6 is 12.6 Å². The van der Waals surface area contributed by atoms with Crippen LogP contribution in [0.3, 0.4) is 0 Å². The average molecular weight is 257 g/mol. The molecule has 0 aromatic heterocycles. The van der Waals surface area contributed by atoms with Gasteiger partial charge in [-0.2, -0.15) is 12.6 Å². The van der Waals surface area contributed by atoms with Crippen LogP contribution in [0.2, 0.25) is 0 Å². The minimum Gasteiger partial charge on any atom is -0.306 e. The van der Waals surface area contributed by atoms with Crippen LogP contribution in [0.4, 0.5) is 0 Å². The highest BCUT2D eigenvalue weighted by Gasteiger charge is 2.43. The number of thiol groups is 1. The van der Waals surface area contributed by atoms with E-state index in [4.69, 9.17) is 12.6 Å². The average Bonchev–Trinajstić information content (AvgIpc) is 2.11. The summed E-state index contributed by atoms with van der Waals surface area (Å²) in [5, 5.41) is 0. The lowest BCUT2D eigenvalue weighted by Gasteiger charge is -2.49. The second kappa shape index (κ2) is 5.52. The molecule has 1 aliphatic heterocycles. The highest BCUT2D eigenvalue weighted by atomic mass is 32.1. The summed E-state index contributed by atoms with van der Waals surface area (Å²) in [6.07, 6.45) is 3.78. The third-order valence-corrected chi connectivity index (χ3v) is 5.30. The van der Waals surface area contributed by atoms with Crippen molar-refractivity contribution in [2.24, 2.45) is 17.3 Å². The smallest absolute Gasteiger partial charge is 0.0159 e. The number of nitrogens with zero attached hydrogens (tertiary/aromatic N) is 1. The number of hydrogen-bond donors (Lipinski definition) is 1. The molecule has 0 amide bonds. The van der Waals surface area contributed by atoms with E-state index in [9.17, 15) is 0 Å². The molecule has 1 heterocycles. The predicted octanol–water partition coefficient (Wildman–Crippen LogP) is 4.09. The Kier molecular flexibility index (Phi) is 4.99. The zero-order valence-electron chi connectivity index (χ0n) is 12.6. The molecule has 3 unspecified atom stereocenters. The van der Waals surface area contributed by atoms with Gasteiger partial charge in [-0.15, -0.1) is 0 Å². The molecule has 3 atom stereocenters. The van der Waals surface area contributed by atoms with Crippen LogP contribution in [0.15, 0.2) is 0 Å². The Morgan fingerprint density at radius 2 is 1.94 bits per heavy atom. The van der Waals surface area contributed by atoms with Crippen LogP contribution in [-0.2, 0) is 0 Å². The standard InChI is InChI=1S/C15H31NS/c1-12(2)9-14(4)7-8-16(6)11-13(3)10-15(14,5)17/h12-13,17H,7-11H2,1-6H3.